The number of fused-ring (bicyclic) bond motifs is 1. The van der Waals surface area contributed by atoms with Crippen molar-refractivity contribution in [3.05, 3.63) is 36.9 Å². The molecule has 0 saturated carbocycles. The van der Waals surface area contributed by atoms with Gasteiger partial charge in [-0.2, -0.15) is 0 Å². The monoisotopic (exact) mass is 206 g/mol. The van der Waals surface area contributed by atoms with Crippen LogP contribution in [0, 0.1) is 0 Å². The second kappa shape index (κ2) is 4.36. The number of aliphatic hydroxyl groups is 1. The molecule has 3 heteroatoms. The van der Waals surface area contributed by atoms with E-state index >= 15 is 0 Å². The molecule has 3 nitrogen and oxygen atoms in total. The van der Waals surface area contributed by atoms with Gasteiger partial charge in [-0.05, 0) is 18.6 Å². The molecule has 0 fully saturated rings. The van der Waals surface area contributed by atoms with E-state index in [0.717, 1.165) is 5.75 Å². The Kier molecular flexibility index (Phi) is 2.92. The van der Waals surface area contributed by atoms with Crippen LogP contribution in [-0.2, 0) is 0 Å². The molecule has 2 unspecified atom stereocenters. The summed E-state index contributed by atoms with van der Waals surface area (Å²) in [5, 5.41) is 9.72. The van der Waals surface area contributed by atoms with E-state index in [1.54, 1.807) is 6.08 Å². The molecule has 15 heavy (non-hydrogen) atoms. The molecule has 1 heterocycles. The van der Waals surface area contributed by atoms with Crippen LogP contribution in [0.1, 0.15) is 6.42 Å². The standard InChI is InChI=1S/C12H14O3/c1-2-5-9(13)12-8-14-10-6-3-4-7-11(10)15-12/h2-4,6-7,9,12-13H,1,5,8H2. The van der Waals surface area contributed by atoms with Crippen LogP contribution in [0.5, 0.6) is 11.5 Å². The van der Waals surface area contributed by atoms with Crippen molar-refractivity contribution < 1.29 is 14.6 Å². The van der Waals surface area contributed by atoms with Crippen molar-refractivity contribution in [2.75, 3.05) is 6.61 Å². The van der Waals surface area contributed by atoms with Gasteiger partial charge in [0.15, 0.2) is 17.6 Å². The summed E-state index contributed by atoms with van der Waals surface area (Å²) < 4.78 is 11.1. The molecule has 2 atom stereocenters. The Bertz CT molecular complexity index is 348. The SMILES string of the molecule is C=CCC(O)C1COc2ccccc2O1. The van der Waals surface area contributed by atoms with Gasteiger partial charge in [0.1, 0.15) is 6.61 Å². The summed E-state index contributed by atoms with van der Waals surface area (Å²) in [5.74, 6) is 1.43. The Morgan fingerprint density at radius 2 is 2.20 bits per heavy atom. The lowest BCUT2D eigenvalue weighted by atomic mass is 10.1. The van der Waals surface area contributed by atoms with Crippen molar-refractivity contribution in [1.82, 2.24) is 0 Å². The number of aliphatic hydroxyl groups excluding tert-OH is 1. The van der Waals surface area contributed by atoms with E-state index < -0.39 is 6.10 Å². The minimum absolute atomic E-state index is 0.308. The molecule has 0 bridgehead atoms. The molecule has 0 spiro atoms. The zero-order valence-corrected chi connectivity index (χ0v) is 8.43. The lowest BCUT2D eigenvalue weighted by Crippen LogP contribution is -2.39. The topological polar surface area (TPSA) is 38.7 Å². The van der Waals surface area contributed by atoms with Gasteiger partial charge in [-0.15, -0.1) is 6.58 Å². The number of benzene rings is 1. The van der Waals surface area contributed by atoms with Crippen molar-refractivity contribution in [3.8, 4) is 11.5 Å². The Morgan fingerprint density at radius 1 is 1.47 bits per heavy atom. The molecule has 0 amide bonds. The zero-order valence-electron chi connectivity index (χ0n) is 8.43. The maximum Gasteiger partial charge on any atom is 0.161 e. The van der Waals surface area contributed by atoms with E-state index in [9.17, 15) is 5.11 Å². The van der Waals surface area contributed by atoms with Gasteiger partial charge in [-0.25, -0.2) is 0 Å². The highest BCUT2D eigenvalue weighted by Gasteiger charge is 2.26. The van der Waals surface area contributed by atoms with Crippen molar-refractivity contribution in [1.29, 1.82) is 0 Å². The van der Waals surface area contributed by atoms with E-state index in [4.69, 9.17) is 9.47 Å². The first-order chi connectivity index (χ1) is 7.31. The summed E-state index contributed by atoms with van der Waals surface area (Å²) in [6.07, 6.45) is 1.32. The highest BCUT2D eigenvalue weighted by molar-refractivity contribution is 5.40. The smallest absolute Gasteiger partial charge is 0.161 e. The van der Waals surface area contributed by atoms with Gasteiger partial charge in [-0.1, -0.05) is 18.2 Å². The number of rotatable bonds is 3. The largest absolute Gasteiger partial charge is 0.486 e. The fourth-order valence-electron chi connectivity index (χ4n) is 1.55. The molecule has 1 aromatic carbocycles. The van der Waals surface area contributed by atoms with Crippen molar-refractivity contribution in [2.24, 2.45) is 0 Å². The third-order valence-corrected chi connectivity index (χ3v) is 2.37. The van der Waals surface area contributed by atoms with Crippen molar-refractivity contribution >= 4 is 0 Å². The maximum atomic E-state index is 9.72. The predicted molar refractivity (Wildman–Crippen MR) is 57.2 cm³/mol. The van der Waals surface area contributed by atoms with Crippen LogP contribution < -0.4 is 9.47 Å². The lowest BCUT2D eigenvalue weighted by molar-refractivity contribution is -0.00816. The third kappa shape index (κ3) is 2.13. The Hall–Kier alpha value is -1.48. The predicted octanol–water partition coefficient (Wildman–Crippen LogP) is 1.76. The number of para-hydroxylation sites is 2. The number of ether oxygens (including phenoxy) is 2. The average molecular weight is 206 g/mol. The first kappa shape index (κ1) is 10.1. The molecule has 0 radical (unpaired) electrons. The summed E-state index contributed by atoms with van der Waals surface area (Å²) in [6.45, 7) is 3.96. The van der Waals surface area contributed by atoms with Gasteiger partial charge in [0.05, 0.1) is 6.10 Å². The van der Waals surface area contributed by atoms with Crippen LogP contribution in [0.4, 0.5) is 0 Å². The summed E-state index contributed by atoms with van der Waals surface area (Å²) in [6, 6.07) is 7.46. The van der Waals surface area contributed by atoms with E-state index in [0.29, 0.717) is 18.8 Å². The van der Waals surface area contributed by atoms with Crippen LogP contribution in [0.25, 0.3) is 0 Å². The quantitative estimate of drug-likeness (QED) is 0.766. The molecule has 1 aliphatic heterocycles. The van der Waals surface area contributed by atoms with Gasteiger partial charge in [-0.3, -0.25) is 0 Å². The zero-order chi connectivity index (χ0) is 10.7. The fraction of sp³-hybridized carbons (Fsp3) is 0.333. The van der Waals surface area contributed by atoms with Gasteiger partial charge >= 0.3 is 0 Å². The molecule has 80 valence electrons. The normalized spacial score (nSPS) is 20.7. The molecule has 2 rings (SSSR count). The van der Waals surface area contributed by atoms with Gasteiger partial charge < -0.3 is 14.6 Å². The minimum atomic E-state index is -0.559. The highest BCUT2D eigenvalue weighted by Crippen LogP contribution is 2.31. The molecule has 0 aliphatic carbocycles. The minimum Gasteiger partial charge on any atom is -0.486 e. The van der Waals surface area contributed by atoms with Crippen LogP contribution in [0.15, 0.2) is 36.9 Å². The lowest BCUT2D eigenvalue weighted by Gasteiger charge is -2.29. The molecular formula is C12H14O3. The third-order valence-electron chi connectivity index (χ3n) is 2.37. The van der Waals surface area contributed by atoms with Crippen LogP contribution in [-0.4, -0.2) is 23.9 Å². The number of hydrogen-bond donors (Lipinski definition) is 1. The van der Waals surface area contributed by atoms with Crippen molar-refractivity contribution in [2.45, 2.75) is 18.6 Å². The Morgan fingerprint density at radius 3 is 2.93 bits per heavy atom. The van der Waals surface area contributed by atoms with Gasteiger partial charge in [0, 0.05) is 0 Å². The molecule has 1 N–H and O–H groups in total. The molecule has 0 saturated heterocycles. The first-order valence-electron chi connectivity index (χ1n) is 4.98. The van der Waals surface area contributed by atoms with E-state index in [1.165, 1.54) is 0 Å². The maximum absolute atomic E-state index is 9.72. The second-order valence-corrected chi connectivity index (χ2v) is 3.51. The Balaban J connectivity index is 2.08. The highest BCUT2D eigenvalue weighted by atomic mass is 16.6. The summed E-state index contributed by atoms with van der Waals surface area (Å²) in [7, 11) is 0. The van der Waals surface area contributed by atoms with Crippen molar-refractivity contribution in [3.63, 3.8) is 0 Å². The number of hydrogen-bond acceptors (Lipinski definition) is 3. The average Bonchev–Trinajstić information content (AvgIpc) is 2.29. The molecule has 1 aromatic rings. The van der Waals surface area contributed by atoms with Crippen LogP contribution >= 0.6 is 0 Å². The van der Waals surface area contributed by atoms with E-state index in [1.807, 2.05) is 24.3 Å². The second-order valence-electron chi connectivity index (χ2n) is 3.51. The first-order valence-corrected chi connectivity index (χ1v) is 4.98. The molecule has 0 aromatic heterocycles. The summed E-state index contributed by atoms with van der Waals surface area (Å²) in [4.78, 5) is 0. The molecule has 1 aliphatic rings. The van der Waals surface area contributed by atoms with E-state index in [2.05, 4.69) is 6.58 Å². The van der Waals surface area contributed by atoms with Gasteiger partial charge in [0.25, 0.3) is 0 Å². The summed E-state index contributed by atoms with van der Waals surface area (Å²) >= 11 is 0. The van der Waals surface area contributed by atoms with E-state index in [-0.39, 0.29) is 6.10 Å². The van der Waals surface area contributed by atoms with Gasteiger partial charge in [0.2, 0.25) is 0 Å². The van der Waals surface area contributed by atoms with Crippen LogP contribution in [0.2, 0.25) is 0 Å². The van der Waals surface area contributed by atoms with Crippen LogP contribution in [0.3, 0.4) is 0 Å². The Labute approximate surface area is 88.9 Å². The summed E-state index contributed by atoms with van der Waals surface area (Å²) in [5.41, 5.74) is 0. The molecular weight excluding hydrogens is 192 g/mol. The fourth-order valence-corrected chi connectivity index (χ4v) is 1.55.